The lowest BCUT2D eigenvalue weighted by atomic mass is 10.1. The number of anilines is 1. The lowest BCUT2D eigenvalue weighted by Gasteiger charge is -2.17. The van der Waals surface area contributed by atoms with Gasteiger partial charge in [0.1, 0.15) is 23.2 Å². The summed E-state index contributed by atoms with van der Waals surface area (Å²) in [5.74, 6) is 0.267. The molecule has 190 valence electrons. The Hall–Kier alpha value is -3.59. The van der Waals surface area contributed by atoms with Gasteiger partial charge in [-0.2, -0.15) is 0 Å². The minimum atomic E-state index is -0.681. The molecule has 5 N–H and O–H groups in total. The lowest BCUT2D eigenvalue weighted by Crippen LogP contribution is -2.23. The molecule has 0 spiro atoms. The number of rotatable bonds is 10. The van der Waals surface area contributed by atoms with Crippen LogP contribution in [-0.2, 0) is 0 Å². The van der Waals surface area contributed by atoms with E-state index in [1.165, 1.54) is 19.2 Å². The van der Waals surface area contributed by atoms with Gasteiger partial charge < -0.3 is 21.7 Å². The molecule has 4 rings (SSSR count). The molecule has 1 saturated heterocycles. The number of aromatic nitrogens is 3. The van der Waals surface area contributed by atoms with Crippen LogP contribution in [0.3, 0.4) is 0 Å². The number of hydrogen-bond donors (Lipinski definition) is 4. The maximum absolute atomic E-state index is 14.4. The lowest BCUT2D eigenvalue weighted by molar-refractivity contribution is 0.575. The van der Waals surface area contributed by atoms with E-state index < -0.39 is 11.7 Å². The topological polar surface area (TPSA) is 101 Å². The molecule has 1 aliphatic heterocycles. The van der Waals surface area contributed by atoms with Crippen LogP contribution in [0.1, 0.15) is 56.8 Å². The molecule has 2 aromatic heterocycles. The molecule has 2 aromatic rings. The fourth-order valence-electron chi connectivity index (χ4n) is 4.28. The van der Waals surface area contributed by atoms with Gasteiger partial charge in [-0.3, -0.25) is 4.98 Å². The molecular formula is C27H33F2N7. The van der Waals surface area contributed by atoms with Crippen molar-refractivity contribution in [3.05, 3.63) is 77.8 Å². The molecule has 7 nitrogen and oxygen atoms in total. The highest BCUT2D eigenvalue weighted by molar-refractivity contribution is 5.93. The van der Waals surface area contributed by atoms with Crippen molar-refractivity contribution >= 4 is 22.3 Å². The first kappa shape index (κ1) is 25.5. The molecule has 0 unspecified atom stereocenters. The second-order valence-corrected chi connectivity index (χ2v) is 9.10. The predicted octanol–water partition coefficient (Wildman–Crippen LogP) is 5.10. The zero-order valence-electron chi connectivity index (χ0n) is 20.7. The van der Waals surface area contributed by atoms with E-state index in [9.17, 15) is 8.78 Å². The summed E-state index contributed by atoms with van der Waals surface area (Å²) in [5.41, 5.74) is 8.16. The molecule has 0 amide bonds. The Morgan fingerprint density at radius 1 is 1.25 bits per heavy atom. The van der Waals surface area contributed by atoms with E-state index in [0.717, 1.165) is 54.6 Å². The number of hydrogen-bond acceptors (Lipinski definition) is 7. The van der Waals surface area contributed by atoms with Crippen molar-refractivity contribution in [3.63, 3.8) is 0 Å². The highest BCUT2D eigenvalue weighted by Gasteiger charge is 2.28. The van der Waals surface area contributed by atoms with Gasteiger partial charge in [-0.05, 0) is 75.1 Å². The van der Waals surface area contributed by atoms with Crippen LogP contribution in [-0.4, -0.2) is 34.1 Å². The summed E-state index contributed by atoms with van der Waals surface area (Å²) >= 11 is 0. The average molecular weight is 494 g/mol. The van der Waals surface area contributed by atoms with Gasteiger partial charge >= 0.3 is 0 Å². The van der Waals surface area contributed by atoms with Gasteiger partial charge in [0.25, 0.3) is 0 Å². The summed E-state index contributed by atoms with van der Waals surface area (Å²) in [4.78, 5) is 14.1. The molecule has 9 heteroatoms. The van der Waals surface area contributed by atoms with Crippen molar-refractivity contribution in [3.8, 4) is 0 Å². The molecule has 0 aromatic carbocycles. The Bertz CT molecular complexity index is 1250. The fraction of sp³-hybridized carbons (Fsp3) is 0.370. The highest BCUT2D eigenvalue weighted by Crippen LogP contribution is 2.44. The Morgan fingerprint density at radius 3 is 2.69 bits per heavy atom. The zero-order chi connectivity index (χ0) is 25.7. The number of allylic oxidation sites excluding steroid dienone is 6. The highest BCUT2D eigenvalue weighted by atomic mass is 19.1. The molecule has 36 heavy (non-hydrogen) atoms. The number of fused-ring (bicyclic) bond motifs is 1. The van der Waals surface area contributed by atoms with E-state index in [1.807, 2.05) is 6.20 Å². The van der Waals surface area contributed by atoms with Gasteiger partial charge in [0.05, 0.1) is 11.7 Å². The van der Waals surface area contributed by atoms with Crippen molar-refractivity contribution in [2.75, 3.05) is 18.4 Å². The second-order valence-electron chi connectivity index (χ2n) is 9.10. The van der Waals surface area contributed by atoms with Crippen LogP contribution in [0, 0.1) is 0 Å². The Labute approximate surface area is 210 Å². The Balaban J connectivity index is 1.75. The van der Waals surface area contributed by atoms with Gasteiger partial charge in [-0.15, -0.1) is 0 Å². The third-order valence-electron chi connectivity index (χ3n) is 6.17. The first-order valence-corrected chi connectivity index (χ1v) is 12.3. The molecule has 2 aliphatic rings. The van der Waals surface area contributed by atoms with E-state index in [1.54, 1.807) is 25.3 Å². The summed E-state index contributed by atoms with van der Waals surface area (Å²) < 4.78 is 28.4. The zero-order valence-corrected chi connectivity index (χ0v) is 20.7. The number of nitrogens with one attached hydrogen (secondary N) is 3. The largest absolute Gasteiger partial charge is 0.405 e. The third kappa shape index (κ3) is 5.96. The standard InChI is InChI=1S/C27H33F2N7/c1-4-5-22(29)25(17(3)28)33-16(2)12-19(8-10-30)26-35-23-15-32-14-21(18-6-7-18)24(23)27(36-26)34-20-9-11-31-13-20/h5,8,10,12,14-15,18,20,31,33H,2,4,6-7,9,11,13,30H2,1,3H3,(H,34,35,36)/b10-8-,19-12+,22-5+,25-17-/t20-/m1/s1. The summed E-state index contributed by atoms with van der Waals surface area (Å²) in [5, 5.41) is 10.7. The van der Waals surface area contributed by atoms with Crippen LogP contribution in [0.25, 0.3) is 16.5 Å². The average Bonchev–Trinajstić information content (AvgIpc) is 3.57. The van der Waals surface area contributed by atoms with Crippen molar-refractivity contribution in [1.29, 1.82) is 0 Å². The maximum Gasteiger partial charge on any atom is 0.162 e. The summed E-state index contributed by atoms with van der Waals surface area (Å²) in [6, 6.07) is 0.249. The molecule has 3 heterocycles. The van der Waals surface area contributed by atoms with Crippen LogP contribution in [0.15, 0.2) is 66.4 Å². The minimum Gasteiger partial charge on any atom is -0.405 e. The summed E-state index contributed by atoms with van der Waals surface area (Å²) in [6.07, 6.45) is 13.3. The van der Waals surface area contributed by atoms with Crippen molar-refractivity contribution < 1.29 is 8.78 Å². The number of pyridine rings is 1. The van der Waals surface area contributed by atoms with Gasteiger partial charge in [0.15, 0.2) is 5.82 Å². The van der Waals surface area contributed by atoms with Crippen LogP contribution < -0.4 is 21.7 Å². The summed E-state index contributed by atoms with van der Waals surface area (Å²) in [7, 11) is 0. The predicted molar refractivity (Wildman–Crippen MR) is 141 cm³/mol. The van der Waals surface area contributed by atoms with E-state index >= 15 is 0 Å². The maximum atomic E-state index is 14.4. The molecule has 1 atom stereocenters. The van der Waals surface area contributed by atoms with Crippen LogP contribution in [0.4, 0.5) is 14.6 Å². The Morgan fingerprint density at radius 2 is 2.06 bits per heavy atom. The molecular weight excluding hydrogens is 460 g/mol. The van der Waals surface area contributed by atoms with Crippen LogP contribution >= 0.6 is 0 Å². The molecule has 0 radical (unpaired) electrons. The number of halogens is 2. The van der Waals surface area contributed by atoms with Gasteiger partial charge in [0, 0.05) is 35.4 Å². The summed E-state index contributed by atoms with van der Waals surface area (Å²) in [6.45, 7) is 8.70. The molecule has 1 aliphatic carbocycles. The number of nitrogens with zero attached hydrogens (tertiary/aromatic N) is 3. The normalized spacial score (nSPS) is 19.6. The van der Waals surface area contributed by atoms with E-state index in [2.05, 4.69) is 27.5 Å². The second kappa shape index (κ2) is 11.4. The first-order valence-electron chi connectivity index (χ1n) is 12.3. The first-order chi connectivity index (χ1) is 17.4. The van der Waals surface area contributed by atoms with Crippen molar-refractivity contribution in [1.82, 2.24) is 25.6 Å². The third-order valence-corrected chi connectivity index (χ3v) is 6.17. The quantitative estimate of drug-likeness (QED) is 0.342. The van der Waals surface area contributed by atoms with E-state index in [-0.39, 0.29) is 17.4 Å². The van der Waals surface area contributed by atoms with E-state index in [4.69, 9.17) is 15.7 Å². The van der Waals surface area contributed by atoms with Crippen LogP contribution in [0.5, 0.6) is 0 Å². The van der Waals surface area contributed by atoms with Crippen molar-refractivity contribution in [2.45, 2.75) is 51.5 Å². The molecule has 2 fully saturated rings. The monoisotopic (exact) mass is 493 g/mol. The number of nitrogens with two attached hydrogens (primary N) is 1. The molecule has 0 bridgehead atoms. The Kier molecular flexibility index (Phi) is 8.10. The molecule has 1 saturated carbocycles. The smallest absolute Gasteiger partial charge is 0.162 e. The van der Waals surface area contributed by atoms with Gasteiger partial charge in [-0.1, -0.05) is 13.5 Å². The van der Waals surface area contributed by atoms with Crippen molar-refractivity contribution in [2.24, 2.45) is 5.73 Å². The van der Waals surface area contributed by atoms with E-state index in [0.29, 0.717) is 23.7 Å². The fourth-order valence-corrected chi connectivity index (χ4v) is 4.28. The van der Waals surface area contributed by atoms with Gasteiger partial charge in [-0.25, -0.2) is 18.7 Å². The van der Waals surface area contributed by atoms with Gasteiger partial charge in [0.2, 0.25) is 0 Å². The minimum absolute atomic E-state index is 0.249. The van der Waals surface area contributed by atoms with Crippen LogP contribution in [0.2, 0.25) is 0 Å². The SMILES string of the molecule is C=C(/C=C(\C=C/N)c1nc(N[C@@H]2CCNC2)c2c(C3CC3)cncc2n1)NC(=C(/C)F)/C(F)=C\CC.